The summed E-state index contributed by atoms with van der Waals surface area (Å²) in [5.41, 5.74) is 0. The minimum absolute atomic E-state index is 0. The molecule has 0 rings (SSSR count). The van der Waals surface area contributed by atoms with E-state index in [2.05, 4.69) is 27.6 Å². The van der Waals surface area contributed by atoms with Gasteiger partial charge in [0, 0.05) is 0 Å². The molecule has 0 aliphatic heterocycles. The van der Waals surface area contributed by atoms with Gasteiger partial charge in [-0.05, 0) is 0 Å². The molecule has 0 atom stereocenters. The molecule has 0 unspecified atom stereocenters. The van der Waals surface area contributed by atoms with Gasteiger partial charge < -0.3 is 77.0 Å². The first-order valence-electron chi connectivity index (χ1n) is 3.23. The van der Waals surface area contributed by atoms with Crippen molar-refractivity contribution in [2.24, 2.45) is 0 Å². The van der Waals surface area contributed by atoms with Crippen LogP contribution in [0.4, 0.5) is 0 Å². The van der Waals surface area contributed by atoms with Crippen molar-refractivity contribution in [1.29, 1.82) is 0 Å². The normalized spacial score (nSPS) is 9.77. The summed E-state index contributed by atoms with van der Waals surface area (Å²) >= 11 is 8.53. The fraction of sp³-hybridized carbons (Fsp3) is 0. The van der Waals surface area contributed by atoms with E-state index >= 15 is 0 Å². The van der Waals surface area contributed by atoms with Crippen LogP contribution in [0.1, 0.15) is 0 Å². The van der Waals surface area contributed by atoms with Crippen molar-refractivity contribution in [2.75, 3.05) is 0 Å². The zero-order valence-electron chi connectivity index (χ0n) is 11.0. The van der Waals surface area contributed by atoms with Crippen LogP contribution in [-0.2, 0) is 101 Å². The molecule has 0 saturated carbocycles. The Morgan fingerprint density at radius 3 is 0.423 bits per heavy atom. The molecular formula is Cl2O17P4Zr3. The molecule has 26 heavy (non-hydrogen) atoms. The molecule has 148 valence electrons. The first-order chi connectivity index (χ1) is 9.41. The average molecular weight is 740 g/mol. The van der Waals surface area contributed by atoms with Crippen LogP contribution in [0.25, 0.3) is 0 Å². The number of halogens is 2. The van der Waals surface area contributed by atoms with Gasteiger partial charge in [0.2, 0.25) is 0 Å². The molecular weight excluding hydrogens is 740 g/mol. The van der Waals surface area contributed by atoms with Crippen molar-refractivity contribution in [1.82, 2.24) is 0 Å². The molecule has 0 fully saturated rings. The molecule has 0 aromatic heterocycles. The summed E-state index contributed by atoms with van der Waals surface area (Å²) in [5.74, 6) is 0. The third kappa shape index (κ3) is 1490. The Morgan fingerprint density at radius 1 is 0.423 bits per heavy atom. The van der Waals surface area contributed by atoms with Crippen LogP contribution in [-0.4, -0.2) is 0 Å². The minimum Gasteiger partial charge on any atom is -0.822 e. The predicted molar refractivity (Wildman–Crippen MR) is 43.2 cm³/mol. The van der Waals surface area contributed by atoms with Crippen molar-refractivity contribution >= 4 is 55.0 Å². The SMILES string of the molecule is ClOCl.O=P([O-])([O-])[O-].O=P([O-])([O-])[O-].O=P([O-])([O-])[O-].O=P([O-])([O-])[O-].[Zr+4].[Zr+4].[Zr+4]. The van der Waals surface area contributed by atoms with Crippen molar-refractivity contribution < 1.29 is 159 Å². The second-order valence-electron chi connectivity index (χ2n) is 1.85. The van der Waals surface area contributed by atoms with Gasteiger partial charge >= 0.3 is 78.6 Å². The van der Waals surface area contributed by atoms with Crippen molar-refractivity contribution in [3.8, 4) is 0 Å². The molecule has 0 bridgehead atoms. The molecule has 0 aliphatic carbocycles. The van der Waals surface area contributed by atoms with Crippen LogP contribution in [0.3, 0.4) is 0 Å². The molecule has 17 nitrogen and oxygen atoms in total. The van der Waals surface area contributed by atoms with Gasteiger partial charge in [-0.3, -0.25) is 0 Å². The quantitative estimate of drug-likeness (QED) is 0.208. The summed E-state index contributed by atoms with van der Waals surface area (Å²) in [6.45, 7) is 0. The van der Waals surface area contributed by atoms with Crippen LogP contribution in [0, 0.1) is 0 Å². The van der Waals surface area contributed by atoms with Gasteiger partial charge in [0.1, 0.15) is 0 Å². The molecule has 0 saturated heterocycles. The molecule has 0 spiro atoms. The second-order valence-corrected chi connectivity index (χ2v) is 5.89. The first kappa shape index (κ1) is 51.9. The Bertz CT molecular complexity index is 316. The standard InChI is InChI=1S/Cl2O.4H3O4P.3Zr/c1-3-2;4*1-5(2,3)4;;;/h;4*(H3,1,2,3,4);;;/q;;;;;3*+4/p-12. The summed E-state index contributed by atoms with van der Waals surface area (Å²) in [5, 5.41) is 0. The van der Waals surface area contributed by atoms with E-state index in [1.165, 1.54) is 0 Å². The van der Waals surface area contributed by atoms with Gasteiger partial charge in [-0.25, -0.2) is 0 Å². The maximum absolute atomic E-state index is 8.55. The minimum atomic E-state index is -5.39. The van der Waals surface area contributed by atoms with Crippen LogP contribution in [0.5, 0.6) is 0 Å². The van der Waals surface area contributed by atoms with E-state index in [1.54, 1.807) is 0 Å². The smallest absolute Gasteiger partial charge is 0.822 e. The zero-order chi connectivity index (χ0) is 20.7. The Morgan fingerprint density at radius 2 is 0.423 bits per heavy atom. The van der Waals surface area contributed by atoms with Crippen LogP contribution in [0.15, 0.2) is 0 Å². The number of hydrogen-bond acceptors (Lipinski definition) is 17. The van der Waals surface area contributed by atoms with Gasteiger partial charge in [-0.15, -0.1) is 0 Å². The summed E-state index contributed by atoms with van der Waals surface area (Å²) in [7, 11) is -21.6. The maximum atomic E-state index is 8.55. The molecule has 0 aromatic carbocycles. The Hall–Kier alpha value is 3.63. The third-order valence-electron chi connectivity index (χ3n) is 0. The number of hydrogen-bond donors (Lipinski definition) is 0. The third-order valence-corrected chi connectivity index (χ3v) is 0. The second kappa shape index (κ2) is 26.7. The van der Waals surface area contributed by atoms with Crippen LogP contribution >= 0.6 is 55.0 Å². The molecule has 0 N–H and O–H groups in total. The summed E-state index contributed by atoms with van der Waals surface area (Å²) in [4.78, 5) is 103. The summed E-state index contributed by atoms with van der Waals surface area (Å²) < 4.78 is 37.4. The molecule has 0 radical (unpaired) electrons. The predicted octanol–water partition coefficient (Wildman–Crippen LogP) is -10.00. The van der Waals surface area contributed by atoms with Gasteiger partial charge in [0.15, 0.2) is 0 Å². The van der Waals surface area contributed by atoms with E-state index in [4.69, 9.17) is 77.0 Å². The molecule has 26 heteroatoms. The number of rotatable bonds is 0. The summed E-state index contributed by atoms with van der Waals surface area (Å²) in [6.07, 6.45) is 0. The van der Waals surface area contributed by atoms with Crippen molar-refractivity contribution in [3.63, 3.8) is 0 Å². The van der Waals surface area contributed by atoms with Gasteiger partial charge in [-0.2, -0.15) is 35.1 Å². The van der Waals surface area contributed by atoms with E-state index in [0.29, 0.717) is 0 Å². The topological polar surface area (TPSA) is 354 Å². The monoisotopic (exact) mass is 735 g/mol. The van der Waals surface area contributed by atoms with E-state index in [1.807, 2.05) is 0 Å². The Labute approximate surface area is 212 Å². The largest absolute Gasteiger partial charge is 4.00 e. The number of phosphoric acid groups is 4. The first-order valence-corrected chi connectivity index (χ1v) is 9.69. The van der Waals surface area contributed by atoms with Gasteiger partial charge in [-0.1, -0.05) is 0 Å². The van der Waals surface area contributed by atoms with Crippen LogP contribution < -0.4 is 58.7 Å². The van der Waals surface area contributed by atoms with Gasteiger partial charge in [0.05, 0.1) is 23.7 Å². The van der Waals surface area contributed by atoms with Crippen LogP contribution in [0.2, 0.25) is 0 Å². The molecule has 0 aliphatic rings. The molecule has 0 amide bonds. The van der Waals surface area contributed by atoms with Gasteiger partial charge in [0.25, 0.3) is 0 Å². The fourth-order valence-corrected chi connectivity index (χ4v) is 0. The Balaban J connectivity index is -0.0000000255. The van der Waals surface area contributed by atoms with E-state index in [-0.39, 0.29) is 78.6 Å². The fourth-order valence-electron chi connectivity index (χ4n) is 0. The van der Waals surface area contributed by atoms with E-state index in [0.717, 1.165) is 0 Å². The average Bonchev–Trinajstić information content (AvgIpc) is 1.87. The van der Waals surface area contributed by atoms with E-state index < -0.39 is 31.3 Å². The van der Waals surface area contributed by atoms with Crippen molar-refractivity contribution in [3.05, 3.63) is 0 Å². The zero-order valence-corrected chi connectivity index (χ0v) is 23.4. The van der Waals surface area contributed by atoms with E-state index in [9.17, 15) is 0 Å². The Kier molecular flexibility index (Phi) is 53.2. The molecule has 0 heterocycles. The van der Waals surface area contributed by atoms with Crippen molar-refractivity contribution in [2.45, 2.75) is 0 Å². The molecule has 0 aromatic rings. The maximum Gasteiger partial charge on any atom is 4.00 e. The summed E-state index contributed by atoms with van der Waals surface area (Å²) in [6, 6.07) is 0.